The van der Waals surface area contributed by atoms with E-state index in [1.54, 1.807) is 0 Å². The molecule has 1 nitrogen and oxygen atoms in total. The van der Waals surface area contributed by atoms with Gasteiger partial charge in [0.25, 0.3) is 0 Å². The highest BCUT2D eigenvalue weighted by molar-refractivity contribution is 5.15. The molecule has 1 heterocycles. The Morgan fingerprint density at radius 3 is 2.00 bits per heavy atom. The summed E-state index contributed by atoms with van der Waals surface area (Å²) in [6, 6.07) is 0. The minimum Gasteiger partial charge on any atom is -0.381 e. The summed E-state index contributed by atoms with van der Waals surface area (Å²) in [5.74, 6) is 0. The fourth-order valence-electron chi connectivity index (χ4n) is 2.71. The SMILES string of the molecule is C1CC2(CC2)C2(CC2)CO1. The molecule has 1 aliphatic heterocycles. The molecule has 3 rings (SSSR count). The minimum absolute atomic E-state index is 0.714. The van der Waals surface area contributed by atoms with E-state index in [9.17, 15) is 0 Å². The second-order valence-corrected chi connectivity index (χ2v) is 4.36. The van der Waals surface area contributed by atoms with Gasteiger partial charge in [0, 0.05) is 6.61 Å². The molecule has 0 aromatic heterocycles. The Labute approximate surface area is 61.8 Å². The van der Waals surface area contributed by atoms with Crippen molar-refractivity contribution in [3.8, 4) is 0 Å². The van der Waals surface area contributed by atoms with Gasteiger partial charge in [-0.05, 0) is 42.9 Å². The summed E-state index contributed by atoms with van der Waals surface area (Å²) in [7, 11) is 0. The fraction of sp³-hybridized carbons (Fsp3) is 1.00. The molecule has 0 radical (unpaired) electrons. The van der Waals surface area contributed by atoms with Gasteiger partial charge in [-0.2, -0.15) is 0 Å². The zero-order chi connectivity index (χ0) is 6.66. The van der Waals surface area contributed by atoms with Crippen LogP contribution in [0.5, 0.6) is 0 Å². The molecule has 0 amide bonds. The van der Waals surface area contributed by atoms with E-state index in [1.807, 2.05) is 0 Å². The molecule has 3 fully saturated rings. The normalized spacial score (nSPS) is 38.4. The third-order valence-electron chi connectivity index (χ3n) is 3.94. The van der Waals surface area contributed by atoms with Gasteiger partial charge in [-0.25, -0.2) is 0 Å². The Morgan fingerprint density at radius 1 is 0.800 bits per heavy atom. The summed E-state index contributed by atoms with van der Waals surface area (Å²) in [6.07, 6.45) is 7.32. The van der Waals surface area contributed by atoms with E-state index < -0.39 is 0 Å². The van der Waals surface area contributed by atoms with Gasteiger partial charge >= 0.3 is 0 Å². The first-order chi connectivity index (χ1) is 4.87. The van der Waals surface area contributed by atoms with Gasteiger partial charge in [0.05, 0.1) is 6.61 Å². The van der Waals surface area contributed by atoms with Crippen molar-refractivity contribution in [3.05, 3.63) is 0 Å². The molecular weight excluding hydrogens is 124 g/mol. The van der Waals surface area contributed by atoms with Crippen LogP contribution in [0, 0.1) is 10.8 Å². The highest BCUT2D eigenvalue weighted by Crippen LogP contribution is 2.73. The highest BCUT2D eigenvalue weighted by Gasteiger charge is 2.66. The summed E-state index contributed by atoms with van der Waals surface area (Å²) in [6.45, 7) is 2.13. The third kappa shape index (κ3) is 0.493. The molecule has 3 aliphatic rings. The first-order valence-electron chi connectivity index (χ1n) is 4.45. The molecule has 0 aromatic carbocycles. The number of hydrogen-bond acceptors (Lipinski definition) is 1. The van der Waals surface area contributed by atoms with Gasteiger partial charge in [0.15, 0.2) is 0 Å². The van der Waals surface area contributed by atoms with Crippen molar-refractivity contribution in [2.24, 2.45) is 10.8 Å². The average Bonchev–Trinajstić information content (AvgIpc) is 2.72. The maximum atomic E-state index is 5.52. The Hall–Kier alpha value is -0.0400. The largest absolute Gasteiger partial charge is 0.381 e. The lowest BCUT2D eigenvalue weighted by Gasteiger charge is -2.31. The highest BCUT2D eigenvalue weighted by atomic mass is 16.5. The van der Waals surface area contributed by atoms with Gasteiger partial charge in [-0.3, -0.25) is 0 Å². The third-order valence-corrected chi connectivity index (χ3v) is 3.94. The smallest absolute Gasteiger partial charge is 0.0527 e. The van der Waals surface area contributed by atoms with Gasteiger partial charge < -0.3 is 4.74 Å². The van der Waals surface area contributed by atoms with Crippen molar-refractivity contribution in [3.63, 3.8) is 0 Å². The van der Waals surface area contributed by atoms with E-state index in [1.165, 1.54) is 32.1 Å². The van der Waals surface area contributed by atoms with E-state index in [0.717, 1.165) is 18.6 Å². The predicted molar refractivity (Wildman–Crippen MR) is 38.8 cm³/mol. The molecule has 2 saturated carbocycles. The van der Waals surface area contributed by atoms with E-state index in [4.69, 9.17) is 4.74 Å². The van der Waals surface area contributed by atoms with Crippen molar-refractivity contribution in [2.75, 3.05) is 13.2 Å². The molecule has 1 heteroatoms. The van der Waals surface area contributed by atoms with Crippen LogP contribution in [0.2, 0.25) is 0 Å². The molecule has 2 spiro atoms. The first-order valence-corrected chi connectivity index (χ1v) is 4.45. The molecule has 1 saturated heterocycles. The molecule has 0 aromatic rings. The summed E-state index contributed by atoms with van der Waals surface area (Å²) in [5.41, 5.74) is 1.52. The van der Waals surface area contributed by atoms with Gasteiger partial charge in [0.1, 0.15) is 0 Å². The Morgan fingerprint density at radius 2 is 1.50 bits per heavy atom. The second-order valence-electron chi connectivity index (χ2n) is 4.36. The minimum atomic E-state index is 0.714. The van der Waals surface area contributed by atoms with Gasteiger partial charge in [-0.15, -0.1) is 0 Å². The number of hydrogen-bond donors (Lipinski definition) is 0. The Kier molecular flexibility index (Phi) is 0.797. The van der Waals surface area contributed by atoms with Crippen LogP contribution < -0.4 is 0 Å². The Balaban J connectivity index is 1.91. The zero-order valence-corrected chi connectivity index (χ0v) is 6.36. The van der Waals surface area contributed by atoms with Crippen LogP contribution in [-0.4, -0.2) is 13.2 Å². The van der Waals surface area contributed by atoms with Crippen LogP contribution in [0.1, 0.15) is 32.1 Å². The summed E-state index contributed by atoms with van der Waals surface area (Å²) in [4.78, 5) is 0. The van der Waals surface area contributed by atoms with Crippen LogP contribution in [0.3, 0.4) is 0 Å². The topological polar surface area (TPSA) is 9.23 Å². The molecule has 2 aliphatic carbocycles. The van der Waals surface area contributed by atoms with Crippen LogP contribution in [-0.2, 0) is 4.74 Å². The number of rotatable bonds is 0. The van der Waals surface area contributed by atoms with Crippen LogP contribution in [0.25, 0.3) is 0 Å². The van der Waals surface area contributed by atoms with Crippen molar-refractivity contribution in [1.29, 1.82) is 0 Å². The quantitative estimate of drug-likeness (QED) is 0.497. The number of fused-ring (bicyclic) bond motifs is 1. The predicted octanol–water partition coefficient (Wildman–Crippen LogP) is 1.97. The summed E-state index contributed by atoms with van der Waals surface area (Å²) in [5, 5.41) is 0. The van der Waals surface area contributed by atoms with Crippen molar-refractivity contribution < 1.29 is 4.74 Å². The molecule has 10 heavy (non-hydrogen) atoms. The molecular formula is C9H14O. The lowest BCUT2D eigenvalue weighted by atomic mass is 9.82. The summed E-state index contributed by atoms with van der Waals surface area (Å²) < 4.78 is 5.52. The lowest BCUT2D eigenvalue weighted by Crippen LogP contribution is -2.30. The van der Waals surface area contributed by atoms with E-state index in [0.29, 0.717) is 5.41 Å². The molecule has 56 valence electrons. The van der Waals surface area contributed by atoms with Crippen LogP contribution >= 0.6 is 0 Å². The van der Waals surface area contributed by atoms with E-state index in [2.05, 4.69) is 0 Å². The Bertz CT molecular complexity index is 146. The maximum Gasteiger partial charge on any atom is 0.0527 e. The number of ether oxygens (including phenoxy) is 1. The lowest BCUT2D eigenvalue weighted by molar-refractivity contribution is -0.00847. The van der Waals surface area contributed by atoms with E-state index in [-0.39, 0.29) is 0 Å². The van der Waals surface area contributed by atoms with Gasteiger partial charge in [0.2, 0.25) is 0 Å². The fourth-order valence-corrected chi connectivity index (χ4v) is 2.71. The standard InChI is InChI=1S/C9H14O/c1-2-8(1)5-6-10-7-9(8)3-4-9/h1-7H2. The molecule has 0 N–H and O–H groups in total. The molecule has 0 unspecified atom stereocenters. The summed E-state index contributed by atoms with van der Waals surface area (Å²) >= 11 is 0. The average molecular weight is 138 g/mol. The molecule has 0 atom stereocenters. The zero-order valence-electron chi connectivity index (χ0n) is 6.36. The van der Waals surface area contributed by atoms with Crippen molar-refractivity contribution >= 4 is 0 Å². The molecule has 0 bridgehead atoms. The monoisotopic (exact) mass is 138 g/mol. The van der Waals surface area contributed by atoms with E-state index >= 15 is 0 Å². The van der Waals surface area contributed by atoms with Crippen molar-refractivity contribution in [1.82, 2.24) is 0 Å². The second kappa shape index (κ2) is 1.42. The first kappa shape index (κ1) is 5.59. The van der Waals surface area contributed by atoms with Gasteiger partial charge in [-0.1, -0.05) is 0 Å². The van der Waals surface area contributed by atoms with Crippen LogP contribution in [0.4, 0.5) is 0 Å². The van der Waals surface area contributed by atoms with Crippen LogP contribution in [0.15, 0.2) is 0 Å². The van der Waals surface area contributed by atoms with Crippen molar-refractivity contribution in [2.45, 2.75) is 32.1 Å². The maximum absolute atomic E-state index is 5.52.